The number of nitrogens with zero attached hydrogens (tertiary/aromatic N) is 3. The number of hydrogen-bond acceptors (Lipinski definition) is 5. The van der Waals surface area contributed by atoms with Crippen molar-refractivity contribution in [3.63, 3.8) is 0 Å². The number of rotatable bonds is 5. The highest BCUT2D eigenvalue weighted by atomic mass is 16.5. The molecule has 4 rings (SSSR count). The molecule has 2 fully saturated rings. The molecule has 0 unspecified atom stereocenters. The smallest absolute Gasteiger partial charge is 0.287 e. The first kappa shape index (κ1) is 20.8. The van der Waals surface area contributed by atoms with Gasteiger partial charge in [-0.15, -0.1) is 0 Å². The minimum absolute atomic E-state index is 0.103. The second-order valence-electron chi connectivity index (χ2n) is 8.63. The number of amides is 2. The molecule has 2 atom stereocenters. The summed E-state index contributed by atoms with van der Waals surface area (Å²) in [5, 5.41) is 6.43. The van der Waals surface area contributed by atoms with Gasteiger partial charge in [0.05, 0.1) is 30.2 Å². The van der Waals surface area contributed by atoms with Gasteiger partial charge in [-0.1, -0.05) is 26.0 Å². The SMILES string of the molecule is CC(C)Cn1c(C(=O)N[C@@H]2CNC[C@H](C(=O)N3CCOCC3)C2)nc2ccccc21. The molecule has 2 aliphatic heterocycles. The van der Waals surface area contributed by atoms with Crippen LogP contribution in [0.5, 0.6) is 0 Å². The minimum Gasteiger partial charge on any atom is -0.378 e. The van der Waals surface area contributed by atoms with E-state index in [4.69, 9.17) is 4.74 Å². The van der Waals surface area contributed by atoms with Crippen molar-refractivity contribution in [3.8, 4) is 0 Å². The third-order valence-electron chi connectivity index (χ3n) is 5.76. The lowest BCUT2D eigenvalue weighted by molar-refractivity contribution is -0.140. The number of benzene rings is 1. The lowest BCUT2D eigenvalue weighted by Crippen LogP contribution is -2.54. The second-order valence-corrected chi connectivity index (χ2v) is 8.63. The summed E-state index contributed by atoms with van der Waals surface area (Å²) in [5.74, 6) is 0.666. The summed E-state index contributed by atoms with van der Waals surface area (Å²) in [6.45, 7) is 8.77. The number of carbonyl (C=O) groups excluding carboxylic acids is 2. The van der Waals surface area contributed by atoms with E-state index >= 15 is 0 Å². The van der Waals surface area contributed by atoms with Gasteiger partial charge in [-0.2, -0.15) is 0 Å². The quantitative estimate of drug-likeness (QED) is 0.771. The molecule has 0 saturated carbocycles. The molecule has 3 heterocycles. The Balaban J connectivity index is 1.46. The molecule has 2 aromatic rings. The summed E-state index contributed by atoms with van der Waals surface area (Å²) in [7, 11) is 0. The van der Waals surface area contributed by atoms with E-state index in [1.165, 1.54) is 0 Å². The van der Waals surface area contributed by atoms with E-state index in [0.717, 1.165) is 17.6 Å². The van der Waals surface area contributed by atoms with Crippen LogP contribution in [0.3, 0.4) is 0 Å². The first-order chi connectivity index (χ1) is 14.5. The van der Waals surface area contributed by atoms with Gasteiger partial charge in [0.1, 0.15) is 0 Å². The van der Waals surface area contributed by atoms with Crippen molar-refractivity contribution in [1.29, 1.82) is 0 Å². The number of carbonyl (C=O) groups is 2. The first-order valence-corrected chi connectivity index (χ1v) is 10.9. The molecule has 2 saturated heterocycles. The molecule has 8 heteroatoms. The molecule has 2 aliphatic rings. The average molecular weight is 414 g/mol. The molecule has 0 radical (unpaired) electrons. The molecule has 2 amide bonds. The van der Waals surface area contributed by atoms with Crippen LogP contribution in [0.1, 0.15) is 30.9 Å². The van der Waals surface area contributed by atoms with Gasteiger partial charge in [-0.3, -0.25) is 9.59 Å². The zero-order valence-electron chi connectivity index (χ0n) is 17.8. The topological polar surface area (TPSA) is 88.5 Å². The highest BCUT2D eigenvalue weighted by Gasteiger charge is 2.32. The van der Waals surface area contributed by atoms with Gasteiger partial charge >= 0.3 is 0 Å². The molecule has 162 valence electrons. The first-order valence-electron chi connectivity index (χ1n) is 10.9. The fourth-order valence-electron chi connectivity index (χ4n) is 4.33. The Labute approximate surface area is 177 Å². The highest BCUT2D eigenvalue weighted by molar-refractivity contribution is 5.95. The summed E-state index contributed by atoms with van der Waals surface area (Å²) in [4.78, 5) is 32.5. The molecule has 30 heavy (non-hydrogen) atoms. The second kappa shape index (κ2) is 9.14. The van der Waals surface area contributed by atoms with Crippen LogP contribution in [0, 0.1) is 11.8 Å². The van der Waals surface area contributed by atoms with E-state index in [1.807, 2.05) is 33.7 Å². The maximum absolute atomic E-state index is 13.1. The zero-order valence-corrected chi connectivity index (χ0v) is 17.8. The standard InChI is InChI=1S/C22H31N5O3/c1-15(2)14-27-19-6-4-3-5-18(19)25-20(27)21(28)24-17-11-16(12-23-13-17)22(29)26-7-9-30-10-8-26/h3-6,15-17,23H,7-14H2,1-2H3,(H,24,28)/t16-,17+/m1/s1. The van der Waals surface area contributed by atoms with E-state index < -0.39 is 0 Å². The Morgan fingerprint density at radius 1 is 1.23 bits per heavy atom. The Morgan fingerprint density at radius 3 is 2.77 bits per heavy atom. The third-order valence-corrected chi connectivity index (χ3v) is 5.76. The summed E-state index contributed by atoms with van der Waals surface area (Å²) in [5.41, 5.74) is 1.80. The molecule has 0 spiro atoms. The number of piperidine rings is 1. The number of ether oxygens (including phenoxy) is 1. The van der Waals surface area contributed by atoms with Crippen molar-refractivity contribution in [1.82, 2.24) is 25.1 Å². The maximum atomic E-state index is 13.1. The molecule has 8 nitrogen and oxygen atoms in total. The predicted octanol–water partition coefficient (Wildman–Crippen LogP) is 1.26. The summed E-state index contributed by atoms with van der Waals surface area (Å²) in [6, 6.07) is 7.73. The molecule has 0 bridgehead atoms. The number of nitrogens with one attached hydrogen (secondary N) is 2. The van der Waals surface area contributed by atoms with Crippen LogP contribution in [0.25, 0.3) is 11.0 Å². The molecular weight excluding hydrogens is 382 g/mol. The highest BCUT2D eigenvalue weighted by Crippen LogP contribution is 2.19. The van der Waals surface area contributed by atoms with Gasteiger partial charge in [-0.05, 0) is 24.5 Å². The van der Waals surface area contributed by atoms with Crippen molar-refractivity contribution in [2.24, 2.45) is 11.8 Å². The van der Waals surface area contributed by atoms with Gasteiger partial charge in [0.2, 0.25) is 5.91 Å². The number of fused-ring (bicyclic) bond motifs is 1. The van der Waals surface area contributed by atoms with E-state index in [9.17, 15) is 9.59 Å². The van der Waals surface area contributed by atoms with Crippen LogP contribution in [-0.4, -0.2) is 71.7 Å². The van der Waals surface area contributed by atoms with Crippen molar-refractivity contribution < 1.29 is 14.3 Å². The van der Waals surface area contributed by atoms with Gasteiger partial charge in [0.15, 0.2) is 5.82 Å². The van der Waals surface area contributed by atoms with Crippen LogP contribution in [0.2, 0.25) is 0 Å². The number of para-hydroxylation sites is 2. The maximum Gasteiger partial charge on any atom is 0.287 e. The van der Waals surface area contributed by atoms with Crippen molar-refractivity contribution in [2.45, 2.75) is 32.9 Å². The fraction of sp³-hybridized carbons (Fsp3) is 0.591. The van der Waals surface area contributed by atoms with Crippen molar-refractivity contribution in [2.75, 3.05) is 39.4 Å². The van der Waals surface area contributed by atoms with Crippen LogP contribution >= 0.6 is 0 Å². The molecule has 1 aromatic heterocycles. The van der Waals surface area contributed by atoms with Crippen LogP contribution in [-0.2, 0) is 16.1 Å². The van der Waals surface area contributed by atoms with Gasteiger partial charge in [0, 0.05) is 38.8 Å². The van der Waals surface area contributed by atoms with E-state index in [0.29, 0.717) is 57.6 Å². The summed E-state index contributed by atoms with van der Waals surface area (Å²) >= 11 is 0. The largest absolute Gasteiger partial charge is 0.378 e. The fourth-order valence-corrected chi connectivity index (χ4v) is 4.33. The van der Waals surface area contributed by atoms with Gasteiger partial charge < -0.3 is 24.8 Å². The molecule has 1 aromatic carbocycles. The Bertz CT molecular complexity index is 903. The number of hydrogen-bond donors (Lipinski definition) is 2. The van der Waals surface area contributed by atoms with Crippen molar-refractivity contribution in [3.05, 3.63) is 30.1 Å². The summed E-state index contributed by atoms with van der Waals surface area (Å²) in [6.07, 6.45) is 0.638. The van der Waals surface area contributed by atoms with E-state index in [-0.39, 0.29) is 23.8 Å². The van der Waals surface area contributed by atoms with E-state index in [1.54, 1.807) is 0 Å². The van der Waals surface area contributed by atoms with Gasteiger partial charge in [-0.25, -0.2) is 4.98 Å². The number of morpholine rings is 1. The Morgan fingerprint density at radius 2 is 2.00 bits per heavy atom. The Hall–Kier alpha value is -2.45. The van der Waals surface area contributed by atoms with Crippen LogP contribution in [0.4, 0.5) is 0 Å². The molecule has 0 aliphatic carbocycles. The average Bonchev–Trinajstić information content (AvgIpc) is 3.12. The number of aromatic nitrogens is 2. The normalized spacial score (nSPS) is 22.4. The summed E-state index contributed by atoms with van der Waals surface area (Å²) < 4.78 is 7.35. The lowest BCUT2D eigenvalue weighted by Gasteiger charge is -2.35. The van der Waals surface area contributed by atoms with E-state index in [2.05, 4.69) is 29.5 Å². The monoisotopic (exact) mass is 413 g/mol. The lowest BCUT2D eigenvalue weighted by atomic mass is 9.94. The van der Waals surface area contributed by atoms with Gasteiger partial charge in [0.25, 0.3) is 5.91 Å². The third kappa shape index (κ3) is 4.49. The van der Waals surface area contributed by atoms with Crippen molar-refractivity contribution >= 4 is 22.8 Å². The minimum atomic E-state index is -0.182. The molecule has 2 N–H and O–H groups in total. The predicted molar refractivity (Wildman–Crippen MR) is 114 cm³/mol. The Kier molecular flexibility index (Phi) is 6.34. The number of imidazole rings is 1. The van der Waals surface area contributed by atoms with Crippen LogP contribution < -0.4 is 10.6 Å². The zero-order chi connectivity index (χ0) is 21.1. The molecular formula is C22H31N5O3. The van der Waals surface area contributed by atoms with Crippen LogP contribution in [0.15, 0.2) is 24.3 Å².